The number of carbonyl (C=O) groups excluding carboxylic acids is 3. The summed E-state index contributed by atoms with van der Waals surface area (Å²) in [7, 11) is 0. The number of benzene rings is 5. The number of nitrogens with two attached hydrogens (primary N) is 1. The molecule has 3 amide bonds. The van der Waals surface area contributed by atoms with Crippen LogP contribution in [0.5, 0.6) is 11.5 Å². The summed E-state index contributed by atoms with van der Waals surface area (Å²) in [6, 6.07) is 36.3. The van der Waals surface area contributed by atoms with Gasteiger partial charge < -0.3 is 26.0 Å². The number of amides is 3. The minimum absolute atomic E-state index is 0.0320. The van der Waals surface area contributed by atoms with Crippen LogP contribution in [0.1, 0.15) is 36.5 Å². The molecule has 8 nitrogen and oxygen atoms in total. The summed E-state index contributed by atoms with van der Waals surface area (Å²) in [6.45, 7) is 2.08. The summed E-state index contributed by atoms with van der Waals surface area (Å²) in [5, 5.41) is 5.47. The molecule has 0 radical (unpaired) electrons. The molecular formula is C39H37FN4O4. The van der Waals surface area contributed by atoms with Crippen molar-refractivity contribution in [2.75, 3.05) is 10.2 Å². The van der Waals surface area contributed by atoms with Gasteiger partial charge in [-0.3, -0.25) is 14.4 Å². The van der Waals surface area contributed by atoms with Crippen LogP contribution in [-0.4, -0.2) is 17.7 Å². The van der Waals surface area contributed by atoms with E-state index in [1.54, 1.807) is 29.2 Å². The van der Waals surface area contributed by atoms with E-state index in [0.29, 0.717) is 35.0 Å². The number of anilines is 2. The number of hydrogen-bond donors (Lipinski definition) is 3. The zero-order valence-corrected chi connectivity index (χ0v) is 26.6. The van der Waals surface area contributed by atoms with Crippen LogP contribution in [0.25, 0.3) is 11.1 Å². The lowest BCUT2D eigenvalue weighted by Crippen LogP contribution is -2.32. The summed E-state index contributed by atoms with van der Waals surface area (Å²) in [6.07, 6.45) is -0.141. The molecule has 5 aromatic carbocycles. The lowest BCUT2D eigenvalue weighted by molar-refractivity contribution is -0.125. The van der Waals surface area contributed by atoms with E-state index in [1.807, 2.05) is 91.0 Å². The number of nitrogens with zero attached hydrogens (tertiary/aromatic N) is 1. The van der Waals surface area contributed by atoms with Crippen LogP contribution in [0.15, 0.2) is 121 Å². The topological polar surface area (TPSA) is 114 Å². The Hall–Kier alpha value is -5.80. The highest BCUT2D eigenvalue weighted by Crippen LogP contribution is 2.34. The summed E-state index contributed by atoms with van der Waals surface area (Å²) < 4.78 is 20.3. The molecule has 5 aromatic rings. The van der Waals surface area contributed by atoms with Gasteiger partial charge in [0.1, 0.15) is 11.6 Å². The van der Waals surface area contributed by atoms with E-state index in [9.17, 15) is 18.8 Å². The van der Waals surface area contributed by atoms with Gasteiger partial charge in [-0.05, 0) is 64.7 Å². The Labute approximate surface area is 279 Å². The third-order valence-electron chi connectivity index (χ3n) is 7.65. The number of ether oxygens (including phenoxy) is 1. The van der Waals surface area contributed by atoms with Gasteiger partial charge in [0.05, 0.1) is 12.2 Å². The van der Waals surface area contributed by atoms with E-state index < -0.39 is 5.82 Å². The average Bonchev–Trinajstić information content (AvgIpc) is 3.10. The molecule has 0 bridgehead atoms. The summed E-state index contributed by atoms with van der Waals surface area (Å²) >= 11 is 0. The van der Waals surface area contributed by atoms with Gasteiger partial charge in [0, 0.05) is 44.1 Å². The predicted molar refractivity (Wildman–Crippen MR) is 186 cm³/mol. The Morgan fingerprint density at radius 3 is 2.17 bits per heavy atom. The Bertz CT molecular complexity index is 1880. The van der Waals surface area contributed by atoms with Gasteiger partial charge in [0.15, 0.2) is 5.75 Å². The van der Waals surface area contributed by atoms with Crippen molar-refractivity contribution in [3.63, 3.8) is 0 Å². The third-order valence-corrected chi connectivity index (χ3v) is 7.65. The Morgan fingerprint density at radius 1 is 0.771 bits per heavy atom. The molecule has 0 atom stereocenters. The van der Waals surface area contributed by atoms with E-state index in [2.05, 4.69) is 10.6 Å². The molecule has 0 saturated carbocycles. The van der Waals surface area contributed by atoms with Gasteiger partial charge >= 0.3 is 0 Å². The molecule has 9 heteroatoms. The first-order valence-electron chi connectivity index (χ1n) is 15.6. The molecule has 0 aliphatic rings. The van der Waals surface area contributed by atoms with Gasteiger partial charge in [-0.15, -0.1) is 0 Å². The van der Waals surface area contributed by atoms with Crippen LogP contribution in [0.4, 0.5) is 15.8 Å². The van der Waals surface area contributed by atoms with Crippen molar-refractivity contribution in [1.29, 1.82) is 0 Å². The van der Waals surface area contributed by atoms with E-state index >= 15 is 0 Å². The SMILES string of the molecule is CC(=O)Nc1ccc(-c2ccc(CN(C(=O)CCC(=O)NCc3ccccc3F)c3ccccc3Oc3cccc(CN)c3)cc2)cc1. The predicted octanol–water partition coefficient (Wildman–Crippen LogP) is 7.33. The molecular weight excluding hydrogens is 607 g/mol. The molecule has 0 fully saturated rings. The standard InChI is InChI=1S/C39H37FN4O4/c1-27(45)43-33-19-17-31(18-20-33)30-15-13-28(14-16-30)26-44(39(47)22-21-38(46)42-25-32-8-2-3-10-35(32)40)36-11-4-5-12-37(36)48-34-9-6-7-29(23-34)24-41/h2-20,23H,21-22,24-26,41H2,1H3,(H,42,46)(H,43,45). The van der Waals surface area contributed by atoms with Crippen LogP contribution in [0.2, 0.25) is 0 Å². The number of nitrogens with one attached hydrogen (secondary N) is 2. The molecule has 48 heavy (non-hydrogen) atoms. The largest absolute Gasteiger partial charge is 0.455 e. The van der Waals surface area contributed by atoms with Crippen LogP contribution in [-0.2, 0) is 34.0 Å². The Balaban J connectivity index is 1.35. The highest BCUT2D eigenvalue weighted by molar-refractivity contribution is 5.96. The van der Waals surface area contributed by atoms with Crippen molar-refractivity contribution in [2.45, 2.75) is 39.4 Å². The molecule has 0 unspecified atom stereocenters. The van der Waals surface area contributed by atoms with Gasteiger partial charge in [-0.1, -0.05) is 78.9 Å². The summed E-state index contributed by atoms with van der Waals surface area (Å²) in [5.41, 5.74) is 11.2. The van der Waals surface area contributed by atoms with Crippen molar-refractivity contribution >= 4 is 29.1 Å². The second-order valence-electron chi connectivity index (χ2n) is 11.2. The molecule has 0 spiro atoms. The van der Waals surface area contributed by atoms with Gasteiger partial charge in [-0.2, -0.15) is 0 Å². The molecule has 0 heterocycles. The molecule has 4 N–H and O–H groups in total. The first kappa shape index (κ1) is 33.6. The normalized spacial score (nSPS) is 10.6. The molecule has 0 aromatic heterocycles. The zero-order chi connectivity index (χ0) is 33.9. The maximum atomic E-state index is 14.0. The minimum Gasteiger partial charge on any atom is -0.455 e. The zero-order valence-electron chi connectivity index (χ0n) is 26.6. The lowest BCUT2D eigenvalue weighted by atomic mass is 10.0. The maximum absolute atomic E-state index is 14.0. The Kier molecular flexibility index (Phi) is 11.3. The van der Waals surface area contributed by atoms with E-state index in [4.69, 9.17) is 10.5 Å². The van der Waals surface area contributed by atoms with Crippen molar-refractivity contribution in [3.05, 3.63) is 144 Å². The maximum Gasteiger partial charge on any atom is 0.227 e. The fourth-order valence-corrected chi connectivity index (χ4v) is 5.15. The number of para-hydroxylation sites is 2. The molecule has 244 valence electrons. The van der Waals surface area contributed by atoms with Crippen molar-refractivity contribution in [3.8, 4) is 22.6 Å². The fraction of sp³-hybridized carbons (Fsp3) is 0.154. The monoisotopic (exact) mass is 644 g/mol. The second kappa shape index (κ2) is 16.2. The highest BCUT2D eigenvalue weighted by Gasteiger charge is 2.22. The van der Waals surface area contributed by atoms with Crippen LogP contribution >= 0.6 is 0 Å². The van der Waals surface area contributed by atoms with Gasteiger partial charge in [0.25, 0.3) is 0 Å². The van der Waals surface area contributed by atoms with E-state index in [0.717, 1.165) is 22.3 Å². The number of carbonyl (C=O) groups is 3. The van der Waals surface area contributed by atoms with Crippen LogP contribution in [0, 0.1) is 5.82 Å². The number of halogens is 1. The summed E-state index contributed by atoms with van der Waals surface area (Å²) in [5.74, 6) is -0.116. The van der Waals surface area contributed by atoms with Gasteiger partial charge in [0.2, 0.25) is 17.7 Å². The smallest absolute Gasteiger partial charge is 0.227 e. The van der Waals surface area contributed by atoms with Crippen molar-refractivity contribution in [1.82, 2.24) is 5.32 Å². The first-order chi connectivity index (χ1) is 23.3. The number of hydrogen-bond acceptors (Lipinski definition) is 5. The first-order valence-corrected chi connectivity index (χ1v) is 15.6. The quantitative estimate of drug-likeness (QED) is 0.124. The molecule has 0 saturated heterocycles. The van der Waals surface area contributed by atoms with E-state index in [1.165, 1.54) is 13.0 Å². The highest BCUT2D eigenvalue weighted by atomic mass is 19.1. The van der Waals surface area contributed by atoms with Crippen molar-refractivity contribution < 1.29 is 23.5 Å². The Morgan fingerprint density at radius 2 is 1.46 bits per heavy atom. The second-order valence-corrected chi connectivity index (χ2v) is 11.2. The average molecular weight is 645 g/mol. The third kappa shape index (κ3) is 9.14. The van der Waals surface area contributed by atoms with Crippen molar-refractivity contribution in [2.24, 2.45) is 5.73 Å². The van der Waals surface area contributed by atoms with Crippen LogP contribution < -0.4 is 26.0 Å². The van der Waals surface area contributed by atoms with Gasteiger partial charge in [-0.25, -0.2) is 4.39 Å². The number of rotatable bonds is 13. The van der Waals surface area contributed by atoms with E-state index in [-0.39, 0.29) is 43.7 Å². The fourth-order valence-electron chi connectivity index (χ4n) is 5.15. The minimum atomic E-state index is -0.401. The molecule has 0 aliphatic carbocycles. The van der Waals surface area contributed by atoms with Crippen LogP contribution in [0.3, 0.4) is 0 Å². The molecule has 0 aliphatic heterocycles. The lowest BCUT2D eigenvalue weighted by Gasteiger charge is -2.25. The molecule has 5 rings (SSSR count). The summed E-state index contributed by atoms with van der Waals surface area (Å²) in [4.78, 5) is 39.6.